The molecule has 0 spiro atoms. The minimum Gasteiger partial charge on any atom is -0.444 e. The van der Waals surface area contributed by atoms with Gasteiger partial charge in [0.2, 0.25) is 0 Å². The van der Waals surface area contributed by atoms with Crippen LogP contribution in [0.5, 0.6) is 0 Å². The third-order valence-corrected chi connectivity index (χ3v) is 2.15. The predicted octanol–water partition coefficient (Wildman–Crippen LogP) is 1.69. The van der Waals surface area contributed by atoms with Crippen molar-refractivity contribution in [1.82, 2.24) is 5.32 Å². The van der Waals surface area contributed by atoms with Crippen LogP contribution in [-0.2, 0) is 9.47 Å². The molecule has 0 unspecified atom stereocenters. The lowest BCUT2D eigenvalue weighted by Gasteiger charge is -2.34. The van der Waals surface area contributed by atoms with E-state index in [2.05, 4.69) is 5.32 Å². The van der Waals surface area contributed by atoms with Crippen LogP contribution >= 0.6 is 0 Å². The highest BCUT2D eigenvalue weighted by atomic mass is 16.6. The Balaban J connectivity index is 2.17. The summed E-state index contributed by atoms with van der Waals surface area (Å²) in [5.74, 6) is 0. The summed E-state index contributed by atoms with van der Waals surface area (Å²) in [6.45, 7) is 5.56. The summed E-state index contributed by atoms with van der Waals surface area (Å²) in [4.78, 5) is 11.3. The number of rotatable bonds is 2. The SMILES string of the molecule is COC1CC(NC(=O)OC(C)(C)C)C1. The molecule has 4 nitrogen and oxygen atoms in total. The molecule has 1 amide bonds. The standard InChI is InChI=1S/C10H19NO3/c1-10(2,3)14-9(12)11-7-5-8(6-7)13-4/h7-8H,5-6H2,1-4H3,(H,11,12). The molecule has 1 aliphatic carbocycles. The van der Waals surface area contributed by atoms with Crippen molar-refractivity contribution in [2.75, 3.05) is 7.11 Å². The number of ether oxygens (including phenoxy) is 2. The van der Waals surface area contributed by atoms with Gasteiger partial charge in [-0.05, 0) is 33.6 Å². The quantitative estimate of drug-likeness (QED) is 0.739. The normalized spacial score (nSPS) is 26.6. The molecule has 0 heterocycles. The maximum absolute atomic E-state index is 11.3. The highest BCUT2D eigenvalue weighted by Crippen LogP contribution is 2.22. The molecule has 82 valence electrons. The van der Waals surface area contributed by atoms with Gasteiger partial charge in [-0.2, -0.15) is 0 Å². The van der Waals surface area contributed by atoms with Crippen molar-refractivity contribution in [2.24, 2.45) is 0 Å². The molecule has 1 N–H and O–H groups in total. The number of amides is 1. The van der Waals surface area contributed by atoms with Gasteiger partial charge in [0.1, 0.15) is 5.60 Å². The maximum Gasteiger partial charge on any atom is 0.407 e. The van der Waals surface area contributed by atoms with Crippen LogP contribution in [0.1, 0.15) is 33.6 Å². The van der Waals surface area contributed by atoms with E-state index in [0.29, 0.717) is 6.10 Å². The lowest BCUT2D eigenvalue weighted by atomic mass is 9.89. The number of carbonyl (C=O) groups is 1. The summed E-state index contributed by atoms with van der Waals surface area (Å²) in [5.41, 5.74) is -0.422. The molecule has 0 atom stereocenters. The van der Waals surface area contributed by atoms with E-state index in [9.17, 15) is 4.79 Å². The molecule has 1 saturated carbocycles. The van der Waals surface area contributed by atoms with Crippen LogP contribution in [0.4, 0.5) is 4.79 Å². The molecule has 0 saturated heterocycles. The monoisotopic (exact) mass is 201 g/mol. The van der Waals surface area contributed by atoms with Crippen molar-refractivity contribution in [3.63, 3.8) is 0 Å². The molecule has 0 bridgehead atoms. The lowest BCUT2D eigenvalue weighted by molar-refractivity contribution is 0.00743. The summed E-state index contributed by atoms with van der Waals surface area (Å²) < 4.78 is 10.2. The number of carbonyl (C=O) groups excluding carboxylic acids is 1. The maximum atomic E-state index is 11.3. The largest absolute Gasteiger partial charge is 0.444 e. The fourth-order valence-electron chi connectivity index (χ4n) is 1.35. The Hall–Kier alpha value is -0.770. The lowest BCUT2D eigenvalue weighted by Crippen LogP contribution is -2.48. The Morgan fingerprint density at radius 3 is 2.36 bits per heavy atom. The number of alkyl carbamates (subject to hydrolysis) is 1. The highest BCUT2D eigenvalue weighted by Gasteiger charge is 2.31. The number of methoxy groups -OCH3 is 1. The van der Waals surface area contributed by atoms with Gasteiger partial charge in [0.25, 0.3) is 0 Å². The molecule has 1 rings (SSSR count). The third kappa shape index (κ3) is 3.54. The van der Waals surface area contributed by atoms with Crippen LogP contribution in [-0.4, -0.2) is 30.9 Å². The van der Waals surface area contributed by atoms with Gasteiger partial charge in [-0.3, -0.25) is 0 Å². The summed E-state index contributed by atoms with van der Waals surface area (Å²) in [6.07, 6.45) is 1.73. The summed E-state index contributed by atoms with van der Waals surface area (Å²) in [7, 11) is 1.69. The van der Waals surface area contributed by atoms with Gasteiger partial charge in [0.05, 0.1) is 6.10 Å². The van der Waals surface area contributed by atoms with Gasteiger partial charge in [-0.1, -0.05) is 0 Å². The van der Waals surface area contributed by atoms with E-state index in [4.69, 9.17) is 9.47 Å². The molecule has 1 aliphatic rings. The van der Waals surface area contributed by atoms with E-state index in [1.807, 2.05) is 20.8 Å². The molecule has 0 aromatic rings. The first-order chi connectivity index (χ1) is 6.40. The van der Waals surface area contributed by atoms with Crippen LogP contribution in [0.25, 0.3) is 0 Å². The zero-order valence-corrected chi connectivity index (χ0v) is 9.29. The van der Waals surface area contributed by atoms with Crippen molar-refractivity contribution in [2.45, 2.75) is 51.4 Å². The van der Waals surface area contributed by atoms with E-state index in [1.165, 1.54) is 0 Å². The van der Waals surface area contributed by atoms with E-state index in [1.54, 1.807) is 7.11 Å². The van der Waals surface area contributed by atoms with Crippen LogP contribution in [0.15, 0.2) is 0 Å². The Kier molecular flexibility index (Phi) is 3.37. The predicted molar refractivity (Wildman–Crippen MR) is 53.2 cm³/mol. The Labute approximate surface area is 85.0 Å². The van der Waals surface area contributed by atoms with E-state index in [0.717, 1.165) is 12.8 Å². The van der Waals surface area contributed by atoms with Crippen LogP contribution in [0, 0.1) is 0 Å². The molecule has 14 heavy (non-hydrogen) atoms. The van der Waals surface area contributed by atoms with Crippen LogP contribution < -0.4 is 5.32 Å². The smallest absolute Gasteiger partial charge is 0.407 e. The van der Waals surface area contributed by atoms with E-state index in [-0.39, 0.29) is 12.1 Å². The number of hydrogen-bond acceptors (Lipinski definition) is 3. The van der Waals surface area contributed by atoms with Gasteiger partial charge in [-0.25, -0.2) is 4.79 Å². The Bertz CT molecular complexity index is 204. The first-order valence-electron chi connectivity index (χ1n) is 4.93. The van der Waals surface area contributed by atoms with Crippen LogP contribution in [0.3, 0.4) is 0 Å². The van der Waals surface area contributed by atoms with Crippen molar-refractivity contribution in [3.8, 4) is 0 Å². The zero-order chi connectivity index (χ0) is 10.8. The first-order valence-corrected chi connectivity index (χ1v) is 4.93. The van der Waals surface area contributed by atoms with Crippen molar-refractivity contribution in [3.05, 3.63) is 0 Å². The summed E-state index contributed by atoms with van der Waals surface area (Å²) in [6, 6.07) is 0.217. The molecule has 4 heteroatoms. The highest BCUT2D eigenvalue weighted by molar-refractivity contribution is 5.68. The molecule has 0 aromatic heterocycles. The molecule has 1 fully saturated rings. The molecule has 0 radical (unpaired) electrons. The second kappa shape index (κ2) is 4.17. The summed E-state index contributed by atoms with van der Waals surface area (Å²) >= 11 is 0. The van der Waals surface area contributed by atoms with Gasteiger partial charge in [-0.15, -0.1) is 0 Å². The number of hydrogen-bond donors (Lipinski definition) is 1. The summed E-state index contributed by atoms with van der Waals surface area (Å²) in [5, 5.41) is 2.80. The van der Waals surface area contributed by atoms with Gasteiger partial charge >= 0.3 is 6.09 Å². The second-order valence-electron chi connectivity index (χ2n) is 4.67. The minimum atomic E-state index is -0.422. The minimum absolute atomic E-state index is 0.217. The zero-order valence-electron chi connectivity index (χ0n) is 9.29. The van der Waals surface area contributed by atoms with Gasteiger partial charge in [0, 0.05) is 13.2 Å². The molecule has 0 aliphatic heterocycles. The third-order valence-electron chi connectivity index (χ3n) is 2.15. The van der Waals surface area contributed by atoms with Crippen LogP contribution in [0.2, 0.25) is 0 Å². The van der Waals surface area contributed by atoms with Crippen molar-refractivity contribution < 1.29 is 14.3 Å². The average Bonchev–Trinajstić information content (AvgIpc) is 1.91. The van der Waals surface area contributed by atoms with E-state index >= 15 is 0 Å². The Morgan fingerprint density at radius 1 is 1.36 bits per heavy atom. The molecular weight excluding hydrogens is 182 g/mol. The van der Waals surface area contributed by atoms with Gasteiger partial charge in [0.15, 0.2) is 0 Å². The fourth-order valence-corrected chi connectivity index (χ4v) is 1.35. The van der Waals surface area contributed by atoms with Crippen molar-refractivity contribution in [1.29, 1.82) is 0 Å². The number of nitrogens with one attached hydrogen (secondary N) is 1. The van der Waals surface area contributed by atoms with Gasteiger partial charge < -0.3 is 14.8 Å². The van der Waals surface area contributed by atoms with Crippen molar-refractivity contribution >= 4 is 6.09 Å². The van der Waals surface area contributed by atoms with E-state index < -0.39 is 5.60 Å². The molecular formula is C10H19NO3. The Morgan fingerprint density at radius 2 is 1.93 bits per heavy atom. The second-order valence-corrected chi connectivity index (χ2v) is 4.67. The average molecular weight is 201 g/mol. The first kappa shape index (κ1) is 11.3. The molecule has 0 aromatic carbocycles. The topological polar surface area (TPSA) is 47.6 Å². The fraction of sp³-hybridized carbons (Fsp3) is 0.900.